The number of hydrogen-bond donors (Lipinski definition) is 0. The molecule has 4 heavy (non-hydrogen) atoms. The van der Waals surface area contributed by atoms with Crippen LogP contribution in [-0.2, 0) is 0 Å². The van der Waals surface area contributed by atoms with E-state index in [-0.39, 0.29) is 92.9 Å². The van der Waals surface area contributed by atoms with Crippen LogP contribution in [0, 0.1) is 83.5 Å². The summed E-state index contributed by atoms with van der Waals surface area (Å²) in [4.78, 5) is 0. The second-order valence-corrected chi connectivity index (χ2v) is 0. The summed E-state index contributed by atoms with van der Waals surface area (Å²) >= 11 is 0. The van der Waals surface area contributed by atoms with Gasteiger partial charge in [-0.1, -0.05) is 0 Å². The molecule has 0 aliphatic rings. The molecule has 0 bridgehead atoms. The summed E-state index contributed by atoms with van der Waals surface area (Å²) < 4.78 is 0. The molecule has 0 aromatic heterocycles. The van der Waals surface area contributed by atoms with Crippen molar-refractivity contribution in [1.82, 2.24) is 0 Å². The van der Waals surface area contributed by atoms with E-state index in [4.69, 9.17) is 0 Å². The molecule has 16 valence electrons. The van der Waals surface area contributed by atoms with Gasteiger partial charge in [-0.05, 0) is 0 Å². The SMILES string of the molecule is [Ce+4].[Ce+4].[F-].[F-]. The van der Waals surface area contributed by atoms with Gasteiger partial charge in [0.15, 0.2) is 0 Å². The van der Waals surface area contributed by atoms with Crippen molar-refractivity contribution < 1.29 is 92.9 Å². The monoisotopic (exact) mass is 318 g/mol. The van der Waals surface area contributed by atoms with E-state index in [2.05, 4.69) is 0 Å². The Balaban J connectivity index is 0. The average Bonchev–Trinajstić information content (AvgIpc) is 0. The van der Waals surface area contributed by atoms with Crippen LogP contribution >= 0.6 is 0 Å². The fourth-order valence-corrected chi connectivity index (χ4v) is 0. The minimum Gasteiger partial charge on any atom is -1.00 e. The molecule has 0 nitrogen and oxygen atoms in total. The third-order valence-corrected chi connectivity index (χ3v) is 0. The van der Waals surface area contributed by atoms with Crippen LogP contribution < -0.4 is 9.41 Å². The molecule has 0 N–H and O–H groups in total. The Labute approximate surface area is 90.6 Å². The maximum atomic E-state index is 0. The van der Waals surface area contributed by atoms with Gasteiger partial charge in [-0.25, -0.2) is 0 Å². The van der Waals surface area contributed by atoms with Gasteiger partial charge in [-0.3, -0.25) is 0 Å². The zero-order valence-electron chi connectivity index (χ0n) is 1.76. The van der Waals surface area contributed by atoms with Crippen LogP contribution in [-0.4, -0.2) is 0 Å². The molecule has 0 fully saturated rings. The first-order chi connectivity index (χ1) is 0. The smallest absolute Gasteiger partial charge is 1.00 e. The fraction of sp³-hybridized carbons (Fsp3) is 0. The van der Waals surface area contributed by atoms with E-state index in [9.17, 15) is 0 Å². The molecular weight excluding hydrogens is 318 g/mol. The molecule has 0 atom stereocenters. The van der Waals surface area contributed by atoms with Crippen LogP contribution in [0.2, 0.25) is 0 Å². The summed E-state index contributed by atoms with van der Waals surface area (Å²) in [5.41, 5.74) is 0. The van der Waals surface area contributed by atoms with Crippen molar-refractivity contribution in [3.63, 3.8) is 0 Å². The molecule has 0 aliphatic heterocycles. The third kappa shape index (κ3) is 8.82. The zero-order valence-corrected chi connectivity index (χ0v) is 8.04. The van der Waals surface area contributed by atoms with Gasteiger partial charge >= 0.3 is 83.5 Å². The molecule has 0 unspecified atom stereocenters. The van der Waals surface area contributed by atoms with Crippen LogP contribution in [0.4, 0.5) is 0 Å². The second-order valence-electron chi connectivity index (χ2n) is 0. The molecule has 4 heteroatoms. The largest absolute Gasteiger partial charge is 4.00 e. The second kappa shape index (κ2) is 17.5. The van der Waals surface area contributed by atoms with Gasteiger partial charge in [0.2, 0.25) is 0 Å². The normalized spacial score (nSPS) is 0. The summed E-state index contributed by atoms with van der Waals surface area (Å²) in [6.45, 7) is 0. The first kappa shape index (κ1) is 30.5. The first-order valence-electron chi connectivity index (χ1n) is 0. The van der Waals surface area contributed by atoms with Crippen LogP contribution in [0.25, 0.3) is 0 Å². The van der Waals surface area contributed by atoms with Crippen LogP contribution in [0.3, 0.4) is 0 Å². The van der Waals surface area contributed by atoms with Gasteiger partial charge < -0.3 is 9.41 Å². The first-order valence-corrected chi connectivity index (χ1v) is 0. The van der Waals surface area contributed by atoms with Crippen LogP contribution in [0.1, 0.15) is 0 Å². The molecule has 0 aromatic rings. The zero-order chi connectivity index (χ0) is 0. The molecule has 0 rings (SSSR count). The summed E-state index contributed by atoms with van der Waals surface area (Å²) in [6.07, 6.45) is 0. The summed E-state index contributed by atoms with van der Waals surface area (Å²) in [5, 5.41) is 0. The van der Waals surface area contributed by atoms with Crippen LogP contribution in [0.5, 0.6) is 0 Å². The molecular formula is Ce2F2+6. The molecule has 0 saturated heterocycles. The predicted octanol–water partition coefficient (Wildman–Crippen LogP) is -5.99. The summed E-state index contributed by atoms with van der Waals surface area (Å²) in [7, 11) is 0. The molecule has 0 heterocycles. The van der Waals surface area contributed by atoms with Gasteiger partial charge in [-0.15, -0.1) is 0 Å². The molecule has 0 radical (unpaired) electrons. The van der Waals surface area contributed by atoms with E-state index in [0.717, 1.165) is 0 Å². The maximum absolute atomic E-state index is 0. The van der Waals surface area contributed by atoms with E-state index < -0.39 is 0 Å². The van der Waals surface area contributed by atoms with Gasteiger partial charge in [-0.2, -0.15) is 0 Å². The van der Waals surface area contributed by atoms with Gasteiger partial charge in [0.25, 0.3) is 0 Å². The van der Waals surface area contributed by atoms with E-state index in [1.165, 1.54) is 0 Å². The van der Waals surface area contributed by atoms with E-state index in [0.29, 0.717) is 0 Å². The quantitative estimate of drug-likeness (QED) is 0.417. The van der Waals surface area contributed by atoms with Crippen molar-refractivity contribution in [2.45, 2.75) is 0 Å². The fourth-order valence-electron chi connectivity index (χ4n) is 0. The van der Waals surface area contributed by atoms with E-state index in [1.807, 2.05) is 0 Å². The Morgan fingerprint density at radius 1 is 0.500 bits per heavy atom. The summed E-state index contributed by atoms with van der Waals surface area (Å²) in [5.74, 6) is 0. The number of rotatable bonds is 0. The summed E-state index contributed by atoms with van der Waals surface area (Å²) in [6, 6.07) is 0. The maximum Gasteiger partial charge on any atom is 4.00 e. The number of halogens is 2. The number of hydrogen-bond acceptors (Lipinski definition) is 0. The van der Waals surface area contributed by atoms with Gasteiger partial charge in [0.1, 0.15) is 0 Å². The molecule has 0 spiro atoms. The van der Waals surface area contributed by atoms with Crippen molar-refractivity contribution in [3.05, 3.63) is 0 Å². The molecule has 0 saturated carbocycles. The minimum absolute atomic E-state index is 0. The van der Waals surface area contributed by atoms with E-state index in [1.54, 1.807) is 0 Å². The van der Waals surface area contributed by atoms with Crippen molar-refractivity contribution in [2.75, 3.05) is 0 Å². The standard InChI is InChI=1S/2Ce.2FH/h;;2*1H/q2*+4;;/p-2. The Morgan fingerprint density at radius 3 is 0.500 bits per heavy atom. The van der Waals surface area contributed by atoms with E-state index >= 15 is 0 Å². The van der Waals surface area contributed by atoms with Crippen molar-refractivity contribution in [1.29, 1.82) is 0 Å². The van der Waals surface area contributed by atoms with Gasteiger partial charge in [0.05, 0.1) is 0 Å². The Hall–Kier alpha value is 2.61. The molecule has 0 aliphatic carbocycles. The van der Waals surface area contributed by atoms with Crippen molar-refractivity contribution >= 4 is 0 Å². The predicted molar refractivity (Wildman–Crippen MR) is 0 cm³/mol. The Morgan fingerprint density at radius 2 is 0.500 bits per heavy atom. The third-order valence-electron chi connectivity index (χ3n) is 0. The molecule has 0 aromatic carbocycles. The van der Waals surface area contributed by atoms with Gasteiger partial charge in [0, 0.05) is 0 Å². The van der Waals surface area contributed by atoms with Crippen LogP contribution in [0.15, 0.2) is 0 Å². The minimum atomic E-state index is 0. The average molecular weight is 318 g/mol. The topological polar surface area (TPSA) is 0 Å². The van der Waals surface area contributed by atoms with Crippen molar-refractivity contribution in [2.24, 2.45) is 0 Å². The Kier molecular flexibility index (Phi) is 133. The molecule has 0 amide bonds. The Bertz CT molecular complexity index is 4.00. The van der Waals surface area contributed by atoms with Crippen molar-refractivity contribution in [3.8, 4) is 0 Å².